The molecule has 0 saturated heterocycles. The number of hydrogen-bond acceptors (Lipinski definition) is 4. The molecule has 0 bridgehead atoms. The molecule has 0 aliphatic rings. The molecular formula is C16H15ClN2O2S. The van der Waals surface area contributed by atoms with Crippen molar-refractivity contribution in [1.82, 2.24) is 5.43 Å². The lowest BCUT2D eigenvalue weighted by Crippen LogP contribution is -2.19. The predicted molar refractivity (Wildman–Crippen MR) is 91.5 cm³/mol. The second-order valence-electron chi connectivity index (χ2n) is 4.47. The number of benzene rings is 2. The first kappa shape index (κ1) is 16.4. The van der Waals surface area contributed by atoms with Crippen molar-refractivity contribution < 1.29 is 9.90 Å². The maximum Gasteiger partial charge on any atom is 0.250 e. The molecule has 114 valence electrons. The summed E-state index contributed by atoms with van der Waals surface area (Å²) in [6.07, 6.45) is 1.41. The number of aromatic hydroxyl groups is 1. The minimum Gasteiger partial charge on any atom is -0.507 e. The van der Waals surface area contributed by atoms with Crippen molar-refractivity contribution in [3.8, 4) is 5.75 Å². The fraction of sp³-hybridized carbons (Fsp3) is 0.125. The van der Waals surface area contributed by atoms with Gasteiger partial charge in [-0.05, 0) is 29.8 Å². The lowest BCUT2D eigenvalue weighted by Gasteiger charge is -2.02. The van der Waals surface area contributed by atoms with Gasteiger partial charge in [-0.3, -0.25) is 4.79 Å². The van der Waals surface area contributed by atoms with Gasteiger partial charge in [0.25, 0.3) is 0 Å². The summed E-state index contributed by atoms with van der Waals surface area (Å²) in [4.78, 5) is 11.6. The Morgan fingerprint density at radius 1 is 1.23 bits per heavy atom. The number of rotatable bonds is 6. The lowest BCUT2D eigenvalue weighted by atomic mass is 10.2. The van der Waals surface area contributed by atoms with Gasteiger partial charge in [0.05, 0.1) is 12.0 Å². The van der Waals surface area contributed by atoms with Gasteiger partial charge < -0.3 is 5.11 Å². The second-order valence-corrected chi connectivity index (χ2v) is 5.89. The molecule has 0 atom stereocenters. The van der Waals surface area contributed by atoms with Crippen LogP contribution in [0.15, 0.2) is 53.6 Å². The van der Waals surface area contributed by atoms with E-state index in [2.05, 4.69) is 10.5 Å². The molecule has 0 fully saturated rings. The van der Waals surface area contributed by atoms with Gasteiger partial charge in [0.2, 0.25) is 5.91 Å². The molecule has 4 nitrogen and oxygen atoms in total. The number of nitrogens with one attached hydrogen (secondary N) is 1. The average molecular weight is 335 g/mol. The molecule has 2 aromatic rings. The summed E-state index contributed by atoms with van der Waals surface area (Å²) in [5.74, 6) is 0.970. The van der Waals surface area contributed by atoms with E-state index in [9.17, 15) is 9.90 Å². The predicted octanol–water partition coefficient (Wildman–Crippen LogP) is 3.43. The lowest BCUT2D eigenvalue weighted by molar-refractivity contribution is -0.118. The molecule has 2 N–H and O–H groups in total. The van der Waals surface area contributed by atoms with E-state index in [4.69, 9.17) is 11.6 Å². The molecule has 2 rings (SSSR count). The molecule has 0 unspecified atom stereocenters. The van der Waals surface area contributed by atoms with Crippen LogP contribution in [0.4, 0.5) is 0 Å². The number of thioether (sulfide) groups is 1. The van der Waals surface area contributed by atoms with Crippen LogP contribution in [0.1, 0.15) is 11.1 Å². The van der Waals surface area contributed by atoms with Crippen LogP contribution in [0.3, 0.4) is 0 Å². The summed E-state index contributed by atoms with van der Waals surface area (Å²) >= 11 is 7.30. The fourth-order valence-corrected chi connectivity index (χ4v) is 2.55. The van der Waals surface area contributed by atoms with Crippen molar-refractivity contribution in [3.63, 3.8) is 0 Å². The van der Waals surface area contributed by atoms with Crippen LogP contribution in [-0.4, -0.2) is 23.0 Å². The van der Waals surface area contributed by atoms with E-state index in [0.29, 0.717) is 16.3 Å². The molecule has 0 aliphatic heterocycles. The van der Waals surface area contributed by atoms with Crippen LogP contribution in [-0.2, 0) is 10.5 Å². The Morgan fingerprint density at radius 2 is 1.95 bits per heavy atom. The third-order valence-corrected chi connectivity index (χ3v) is 4.00. The summed E-state index contributed by atoms with van der Waals surface area (Å²) in [6.45, 7) is 0. The summed E-state index contributed by atoms with van der Waals surface area (Å²) in [5.41, 5.74) is 4.09. The normalized spacial score (nSPS) is 10.8. The van der Waals surface area contributed by atoms with Crippen LogP contribution in [0.25, 0.3) is 0 Å². The Morgan fingerprint density at radius 3 is 2.68 bits per heavy atom. The van der Waals surface area contributed by atoms with Crippen molar-refractivity contribution in [1.29, 1.82) is 0 Å². The number of carbonyl (C=O) groups excluding carboxylic acids is 1. The van der Waals surface area contributed by atoms with Gasteiger partial charge >= 0.3 is 0 Å². The summed E-state index contributed by atoms with van der Waals surface area (Å²) in [6, 6.07) is 14.3. The number of halogens is 1. The highest BCUT2D eigenvalue weighted by atomic mass is 35.5. The van der Waals surface area contributed by atoms with Crippen LogP contribution >= 0.6 is 23.4 Å². The van der Waals surface area contributed by atoms with Crippen molar-refractivity contribution in [2.24, 2.45) is 5.10 Å². The van der Waals surface area contributed by atoms with E-state index < -0.39 is 0 Å². The smallest absolute Gasteiger partial charge is 0.250 e. The Labute approximate surface area is 138 Å². The summed E-state index contributed by atoms with van der Waals surface area (Å²) in [7, 11) is 0. The van der Waals surface area contributed by atoms with Crippen molar-refractivity contribution in [2.45, 2.75) is 5.75 Å². The molecule has 1 amide bonds. The first-order valence-corrected chi connectivity index (χ1v) is 8.10. The second kappa shape index (κ2) is 8.46. The number of nitrogens with zero attached hydrogens (tertiary/aromatic N) is 1. The zero-order chi connectivity index (χ0) is 15.8. The molecule has 0 aromatic heterocycles. The van der Waals surface area contributed by atoms with Crippen LogP contribution in [0, 0.1) is 0 Å². The molecule has 0 spiro atoms. The zero-order valence-electron chi connectivity index (χ0n) is 11.7. The Bertz CT molecular complexity index is 659. The Hall–Kier alpha value is -1.98. The minimum atomic E-state index is -0.189. The average Bonchev–Trinajstić information content (AvgIpc) is 2.51. The largest absolute Gasteiger partial charge is 0.507 e. The summed E-state index contributed by atoms with van der Waals surface area (Å²) in [5, 5.41) is 14.1. The number of phenolic OH excluding ortho intramolecular Hbond substituents is 1. The molecule has 22 heavy (non-hydrogen) atoms. The van der Waals surface area contributed by atoms with Crippen LogP contribution in [0.2, 0.25) is 5.02 Å². The molecule has 6 heteroatoms. The van der Waals surface area contributed by atoms with Crippen LogP contribution < -0.4 is 5.43 Å². The maximum atomic E-state index is 11.6. The Kier molecular flexibility index (Phi) is 6.30. The van der Waals surface area contributed by atoms with E-state index in [1.54, 1.807) is 24.3 Å². The highest BCUT2D eigenvalue weighted by Gasteiger charge is 2.01. The minimum absolute atomic E-state index is 0.123. The third-order valence-electron chi connectivity index (χ3n) is 2.74. The van der Waals surface area contributed by atoms with Gasteiger partial charge in [0.15, 0.2) is 0 Å². The quantitative estimate of drug-likeness (QED) is 0.628. The number of para-hydroxylation sites is 1. The molecule has 0 saturated carbocycles. The van der Waals surface area contributed by atoms with E-state index in [1.807, 2.05) is 24.3 Å². The first-order chi connectivity index (χ1) is 10.6. The topological polar surface area (TPSA) is 61.7 Å². The maximum absolute atomic E-state index is 11.6. The number of hydrazone groups is 1. The fourth-order valence-electron chi connectivity index (χ4n) is 1.64. The van der Waals surface area contributed by atoms with E-state index >= 15 is 0 Å². The van der Waals surface area contributed by atoms with Crippen LogP contribution in [0.5, 0.6) is 5.75 Å². The van der Waals surface area contributed by atoms with E-state index in [1.165, 1.54) is 18.0 Å². The van der Waals surface area contributed by atoms with Crippen molar-refractivity contribution >= 4 is 35.5 Å². The summed E-state index contributed by atoms with van der Waals surface area (Å²) < 4.78 is 0. The molecule has 2 aromatic carbocycles. The number of carbonyl (C=O) groups is 1. The van der Waals surface area contributed by atoms with E-state index in [0.717, 1.165) is 11.3 Å². The van der Waals surface area contributed by atoms with Gasteiger partial charge in [-0.2, -0.15) is 5.10 Å². The van der Waals surface area contributed by atoms with Gasteiger partial charge in [0.1, 0.15) is 5.75 Å². The monoisotopic (exact) mass is 334 g/mol. The first-order valence-electron chi connectivity index (χ1n) is 6.57. The highest BCUT2D eigenvalue weighted by Crippen LogP contribution is 2.15. The highest BCUT2D eigenvalue weighted by molar-refractivity contribution is 7.99. The van der Waals surface area contributed by atoms with Crippen molar-refractivity contribution in [2.75, 3.05) is 5.75 Å². The third kappa shape index (κ3) is 5.42. The van der Waals surface area contributed by atoms with Crippen molar-refractivity contribution in [3.05, 3.63) is 64.7 Å². The molecule has 0 radical (unpaired) electrons. The van der Waals surface area contributed by atoms with Gasteiger partial charge in [-0.25, -0.2) is 5.43 Å². The van der Waals surface area contributed by atoms with Gasteiger partial charge in [-0.1, -0.05) is 35.9 Å². The van der Waals surface area contributed by atoms with Gasteiger partial charge in [-0.15, -0.1) is 11.8 Å². The number of hydrogen-bond donors (Lipinski definition) is 2. The zero-order valence-corrected chi connectivity index (χ0v) is 13.3. The molecule has 0 aliphatic carbocycles. The SMILES string of the molecule is O=C(CSCc1ccc(Cl)cc1)N/N=C\c1ccccc1O. The Balaban J connectivity index is 1.72. The molecular weight excluding hydrogens is 320 g/mol. The van der Waals surface area contributed by atoms with Gasteiger partial charge in [0, 0.05) is 16.3 Å². The number of phenols is 1. The number of amides is 1. The standard InChI is InChI=1S/C16H15ClN2O2S/c17-14-7-5-12(6-8-14)10-22-11-16(21)19-18-9-13-3-1-2-4-15(13)20/h1-9,20H,10-11H2,(H,19,21)/b18-9-. The van der Waals surface area contributed by atoms with E-state index in [-0.39, 0.29) is 11.7 Å². The molecule has 0 heterocycles.